The van der Waals surface area contributed by atoms with E-state index in [0.717, 1.165) is 24.9 Å². The van der Waals surface area contributed by atoms with Crippen LogP contribution in [0.15, 0.2) is 48.5 Å². The molecule has 0 spiro atoms. The second-order valence-electron chi connectivity index (χ2n) is 4.92. The molecule has 0 bridgehead atoms. The lowest BCUT2D eigenvalue weighted by atomic mass is 10.1. The molecule has 0 amide bonds. The van der Waals surface area contributed by atoms with Crippen molar-refractivity contribution in [2.75, 3.05) is 0 Å². The van der Waals surface area contributed by atoms with Gasteiger partial charge in [0.15, 0.2) is 0 Å². The Kier molecular flexibility index (Phi) is 3.03. The second kappa shape index (κ2) is 4.83. The predicted molar refractivity (Wildman–Crippen MR) is 72.6 cm³/mol. The van der Waals surface area contributed by atoms with Crippen molar-refractivity contribution >= 4 is 0 Å². The van der Waals surface area contributed by atoms with Gasteiger partial charge in [-0.25, -0.2) is 0 Å². The fraction of sp³-hybridized carbons (Fsp3) is 0.250. The Balaban J connectivity index is 1.60. The van der Waals surface area contributed by atoms with Crippen LogP contribution in [0.25, 0.3) is 0 Å². The molecule has 1 aliphatic carbocycles. The molecule has 2 nitrogen and oxygen atoms in total. The normalized spacial score (nSPS) is 14.7. The zero-order valence-corrected chi connectivity index (χ0v) is 10.3. The van der Waals surface area contributed by atoms with Crippen LogP contribution >= 0.6 is 0 Å². The van der Waals surface area contributed by atoms with Gasteiger partial charge in [0.2, 0.25) is 0 Å². The van der Waals surface area contributed by atoms with E-state index in [4.69, 9.17) is 0 Å². The minimum Gasteiger partial charge on any atom is -0.508 e. The van der Waals surface area contributed by atoms with E-state index in [1.807, 2.05) is 18.2 Å². The highest BCUT2D eigenvalue weighted by atomic mass is 16.3. The van der Waals surface area contributed by atoms with Crippen LogP contribution in [0, 0.1) is 0 Å². The molecule has 1 aliphatic rings. The lowest BCUT2D eigenvalue weighted by Crippen LogP contribution is -2.28. The lowest BCUT2D eigenvalue weighted by molar-refractivity contribution is 0.472. The molecule has 0 aliphatic heterocycles. The van der Waals surface area contributed by atoms with E-state index in [1.165, 1.54) is 11.1 Å². The first-order valence-electron chi connectivity index (χ1n) is 6.39. The molecule has 2 aromatic rings. The van der Waals surface area contributed by atoms with Gasteiger partial charge in [0.25, 0.3) is 0 Å². The first-order valence-corrected chi connectivity index (χ1v) is 6.39. The number of benzene rings is 2. The summed E-state index contributed by atoms with van der Waals surface area (Å²) in [7, 11) is 0. The number of aromatic hydroxyl groups is 1. The molecule has 2 aromatic carbocycles. The fourth-order valence-corrected chi connectivity index (χ4v) is 2.63. The summed E-state index contributed by atoms with van der Waals surface area (Å²) in [6.45, 7) is 0.813. The van der Waals surface area contributed by atoms with E-state index in [2.05, 4.69) is 29.6 Å². The van der Waals surface area contributed by atoms with Crippen molar-refractivity contribution in [1.29, 1.82) is 0 Å². The Morgan fingerprint density at radius 1 is 1.00 bits per heavy atom. The highest BCUT2D eigenvalue weighted by molar-refractivity contribution is 5.33. The van der Waals surface area contributed by atoms with E-state index >= 15 is 0 Å². The van der Waals surface area contributed by atoms with Gasteiger partial charge in [-0.2, -0.15) is 0 Å². The van der Waals surface area contributed by atoms with Crippen molar-refractivity contribution in [1.82, 2.24) is 5.32 Å². The molecule has 0 heterocycles. The molecule has 0 aromatic heterocycles. The third-order valence-electron chi connectivity index (χ3n) is 3.56. The molecule has 0 atom stereocenters. The molecule has 0 unspecified atom stereocenters. The molecule has 2 N–H and O–H groups in total. The highest BCUT2D eigenvalue weighted by Gasteiger charge is 2.19. The van der Waals surface area contributed by atoms with Crippen LogP contribution in [0.1, 0.15) is 16.7 Å². The molecule has 0 saturated carbocycles. The summed E-state index contributed by atoms with van der Waals surface area (Å²) in [6, 6.07) is 16.6. The zero-order valence-electron chi connectivity index (χ0n) is 10.3. The van der Waals surface area contributed by atoms with Crippen molar-refractivity contribution in [3.8, 4) is 5.75 Å². The van der Waals surface area contributed by atoms with Gasteiger partial charge in [-0.1, -0.05) is 36.4 Å². The van der Waals surface area contributed by atoms with Gasteiger partial charge >= 0.3 is 0 Å². The number of nitrogens with one attached hydrogen (secondary N) is 1. The first-order chi connectivity index (χ1) is 8.81. The highest BCUT2D eigenvalue weighted by Crippen LogP contribution is 2.22. The van der Waals surface area contributed by atoms with Crippen LogP contribution in [0.2, 0.25) is 0 Å². The van der Waals surface area contributed by atoms with Crippen molar-refractivity contribution in [3.63, 3.8) is 0 Å². The molecule has 3 rings (SSSR count). The first kappa shape index (κ1) is 11.3. The number of fused-ring (bicyclic) bond motifs is 1. The summed E-state index contributed by atoms with van der Waals surface area (Å²) in [4.78, 5) is 0. The van der Waals surface area contributed by atoms with E-state index in [9.17, 15) is 5.11 Å². The number of phenolic OH excluding ortho intramolecular Hbond substituents is 1. The number of phenols is 1. The summed E-state index contributed by atoms with van der Waals surface area (Å²) < 4.78 is 0. The Morgan fingerprint density at radius 2 is 1.72 bits per heavy atom. The van der Waals surface area contributed by atoms with Crippen molar-refractivity contribution in [2.45, 2.75) is 25.4 Å². The third-order valence-corrected chi connectivity index (χ3v) is 3.56. The minimum absolute atomic E-state index is 0.337. The second-order valence-corrected chi connectivity index (χ2v) is 4.92. The van der Waals surface area contributed by atoms with Crippen LogP contribution in [-0.2, 0) is 19.4 Å². The van der Waals surface area contributed by atoms with Gasteiger partial charge in [-0.15, -0.1) is 0 Å². The molecular formula is C16H17NO. The Labute approximate surface area is 107 Å². The number of hydrogen-bond acceptors (Lipinski definition) is 2. The Morgan fingerprint density at radius 3 is 2.39 bits per heavy atom. The van der Waals surface area contributed by atoms with E-state index in [0.29, 0.717) is 11.8 Å². The number of hydrogen-bond donors (Lipinski definition) is 2. The minimum atomic E-state index is 0.337. The predicted octanol–water partition coefficient (Wildman–Crippen LogP) is 2.65. The van der Waals surface area contributed by atoms with Crippen molar-refractivity contribution in [2.24, 2.45) is 0 Å². The van der Waals surface area contributed by atoms with Crippen LogP contribution < -0.4 is 5.32 Å². The van der Waals surface area contributed by atoms with Gasteiger partial charge in [-0.05, 0) is 41.7 Å². The molecule has 0 radical (unpaired) electrons. The van der Waals surface area contributed by atoms with Crippen LogP contribution in [0.5, 0.6) is 5.75 Å². The van der Waals surface area contributed by atoms with Crippen molar-refractivity contribution < 1.29 is 5.11 Å². The van der Waals surface area contributed by atoms with E-state index < -0.39 is 0 Å². The number of rotatable bonds is 3. The molecule has 2 heteroatoms. The van der Waals surface area contributed by atoms with E-state index in [-0.39, 0.29) is 0 Å². The van der Waals surface area contributed by atoms with Gasteiger partial charge in [-0.3, -0.25) is 0 Å². The SMILES string of the molecule is Oc1cccc(CNC2Cc3ccccc3C2)c1. The zero-order chi connectivity index (χ0) is 12.4. The summed E-state index contributed by atoms with van der Waals surface area (Å²) in [5.74, 6) is 0.337. The monoisotopic (exact) mass is 239 g/mol. The quantitative estimate of drug-likeness (QED) is 0.863. The molecule has 92 valence electrons. The van der Waals surface area contributed by atoms with Gasteiger partial charge < -0.3 is 10.4 Å². The van der Waals surface area contributed by atoms with Gasteiger partial charge in [0, 0.05) is 12.6 Å². The lowest BCUT2D eigenvalue weighted by Gasteiger charge is -2.12. The van der Waals surface area contributed by atoms with Crippen LogP contribution in [-0.4, -0.2) is 11.1 Å². The summed E-state index contributed by atoms with van der Waals surface area (Å²) in [5.41, 5.74) is 4.06. The molecule has 0 fully saturated rings. The average molecular weight is 239 g/mol. The smallest absolute Gasteiger partial charge is 0.115 e. The summed E-state index contributed by atoms with van der Waals surface area (Å²) >= 11 is 0. The fourth-order valence-electron chi connectivity index (χ4n) is 2.63. The van der Waals surface area contributed by atoms with Crippen LogP contribution in [0.3, 0.4) is 0 Å². The van der Waals surface area contributed by atoms with E-state index in [1.54, 1.807) is 6.07 Å². The largest absolute Gasteiger partial charge is 0.508 e. The summed E-state index contributed by atoms with van der Waals surface area (Å²) in [5, 5.41) is 13.0. The molecular weight excluding hydrogens is 222 g/mol. The standard InChI is InChI=1S/C16H17NO/c18-16-7-3-4-12(8-16)11-17-15-9-13-5-1-2-6-14(13)10-15/h1-8,15,17-18H,9-11H2. The van der Waals surface area contributed by atoms with Crippen molar-refractivity contribution in [3.05, 3.63) is 65.2 Å². The molecule has 0 saturated heterocycles. The Hall–Kier alpha value is -1.80. The average Bonchev–Trinajstić information content (AvgIpc) is 2.79. The summed E-state index contributed by atoms with van der Waals surface area (Å²) in [6.07, 6.45) is 2.21. The van der Waals surface area contributed by atoms with Gasteiger partial charge in [0.05, 0.1) is 0 Å². The maximum atomic E-state index is 9.42. The van der Waals surface area contributed by atoms with Crippen LogP contribution in [0.4, 0.5) is 0 Å². The topological polar surface area (TPSA) is 32.3 Å². The van der Waals surface area contributed by atoms with Gasteiger partial charge in [0.1, 0.15) is 5.75 Å². The molecule has 18 heavy (non-hydrogen) atoms. The third kappa shape index (κ3) is 2.39. The Bertz CT molecular complexity index is 525. The maximum Gasteiger partial charge on any atom is 0.115 e. The maximum absolute atomic E-state index is 9.42.